The fourth-order valence-corrected chi connectivity index (χ4v) is 3.02. The second-order valence-corrected chi connectivity index (χ2v) is 5.75. The van der Waals surface area contributed by atoms with Crippen molar-refractivity contribution >= 4 is 0 Å². The van der Waals surface area contributed by atoms with Crippen LogP contribution < -0.4 is 0 Å². The molecule has 0 spiro atoms. The Bertz CT molecular complexity index is 383. The van der Waals surface area contributed by atoms with Gasteiger partial charge in [-0.05, 0) is 0 Å². The van der Waals surface area contributed by atoms with E-state index in [-0.39, 0.29) is 13.2 Å². The smallest absolute Gasteiger partial charge is 0.221 e. The summed E-state index contributed by atoms with van der Waals surface area (Å²) in [5, 5.41) is 59.0. The third-order valence-electron chi connectivity index (χ3n) is 4.44. The molecule has 0 saturated carbocycles. The van der Waals surface area contributed by atoms with Crippen LogP contribution in [0, 0.1) is 0 Å². The van der Waals surface area contributed by atoms with Crippen molar-refractivity contribution in [2.45, 2.75) is 48.2 Å². The molecule has 0 aliphatic carbocycles. The summed E-state index contributed by atoms with van der Waals surface area (Å²) in [5.74, 6) is -3.74. The van der Waals surface area contributed by atoms with Gasteiger partial charge in [-0.2, -0.15) is 0 Å². The van der Waals surface area contributed by atoms with Crippen molar-refractivity contribution in [2.24, 2.45) is 0 Å². The molecule has 6 N–H and O–H groups in total. The Kier molecular flexibility index (Phi) is 4.19. The number of ether oxygens (including phenoxy) is 4. The maximum absolute atomic E-state index is 10.0. The van der Waals surface area contributed by atoms with E-state index in [1.807, 2.05) is 0 Å². The van der Waals surface area contributed by atoms with Crippen LogP contribution >= 0.6 is 0 Å². The number of hydrogen-bond acceptors (Lipinski definition) is 10. The molecule has 4 bridgehead atoms. The molecule has 3 fully saturated rings. The molecule has 0 aromatic rings. The van der Waals surface area contributed by atoms with Gasteiger partial charge < -0.3 is 49.6 Å². The Morgan fingerprint density at radius 1 is 0.727 bits per heavy atom. The van der Waals surface area contributed by atoms with Gasteiger partial charge in [0.1, 0.15) is 49.8 Å². The molecule has 3 heterocycles. The number of fused-ring (bicyclic) bond motifs is 4. The van der Waals surface area contributed by atoms with Crippen molar-refractivity contribution < 1.29 is 49.6 Å². The van der Waals surface area contributed by atoms with Crippen LogP contribution in [-0.2, 0) is 18.9 Å². The minimum Gasteiger partial charge on any atom is -0.391 e. The molecule has 3 aliphatic rings. The van der Waals surface area contributed by atoms with Gasteiger partial charge in [0.15, 0.2) is 0 Å². The van der Waals surface area contributed by atoms with E-state index in [1.165, 1.54) is 0 Å². The first-order valence-electron chi connectivity index (χ1n) is 6.96. The van der Waals surface area contributed by atoms with Gasteiger partial charge in [0.2, 0.25) is 11.6 Å². The van der Waals surface area contributed by atoms with Gasteiger partial charge in [-0.25, -0.2) is 0 Å². The highest BCUT2D eigenvalue weighted by atomic mass is 16.8. The molecular weight excluding hydrogens is 304 g/mol. The third-order valence-corrected chi connectivity index (χ3v) is 4.44. The third kappa shape index (κ3) is 2.19. The van der Waals surface area contributed by atoms with Crippen LogP contribution in [0.25, 0.3) is 0 Å². The highest BCUT2D eigenvalue weighted by Gasteiger charge is 2.61. The zero-order chi connectivity index (χ0) is 16.1. The molecule has 0 amide bonds. The molecule has 0 aromatic heterocycles. The zero-order valence-corrected chi connectivity index (χ0v) is 11.6. The van der Waals surface area contributed by atoms with Crippen LogP contribution in [0.3, 0.4) is 0 Å². The van der Waals surface area contributed by atoms with E-state index < -0.39 is 61.4 Å². The highest BCUT2D eigenvalue weighted by molar-refractivity contribution is 5.01. The van der Waals surface area contributed by atoms with E-state index in [1.54, 1.807) is 0 Å². The summed E-state index contributed by atoms with van der Waals surface area (Å²) in [4.78, 5) is 0. The molecule has 0 aromatic carbocycles. The Labute approximate surface area is 125 Å². The van der Waals surface area contributed by atoms with Gasteiger partial charge in [0, 0.05) is 0 Å². The average molecular weight is 324 g/mol. The molecule has 10 heteroatoms. The van der Waals surface area contributed by atoms with Crippen LogP contribution in [-0.4, -0.2) is 105 Å². The molecular formula is C12H20O10. The van der Waals surface area contributed by atoms with Crippen LogP contribution in [0.1, 0.15) is 0 Å². The standard InChI is InChI=1S/C12H20O10/c13-3-11-10(18)8(16)6(22-11)2-20-12(4-14)9(17)7(15)5(21-12)1-19-11/h5-10,13-18H,1-4H2/t5-,6-,7-,8-,9+,10+,11+,12+/m1/s1. The Morgan fingerprint density at radius 2 is 1.09 bits per heavy atom. The summed E-state index contributed by atoms with van der Waals surface area (Å²) in [6.07, 6.45) is -8.01. The maximum Gasteiger partial charge on any atom is 0.221 e. The maximum atomic E-state index is 10.0. The van der Waals surface area contributed by atoms with Crippen molar-refractivity contribution in [3.8, 4) is 0 Å². The van der Waals surface area contributed by atoms with Crippen LogP contribution in [0.5, 0.6) is 0 Å². The SMILES string of the molecule is OC[C@]12OC[C@H]3O[C@](CO)(OC[C@@H](O1)[C@@H](O)[C@@H]2O)[C@@H](O)[C@@H]3O. The lowest BCUT2D eigenvalue weighted by atomic mass is 10.0. The van der Waals surface area contributed by atoms with Crippen molar-refractivity contribution in [1.82, 2.24) is 0 Å². The first kappa shape index (κ1) is 16.5. The summed E-state index contributed by atoms with van der Waals surface area (Å²) in [7, 11) is 0. The van der Waals surface area contributed by atoms with Crippen LogP contribution in [0.4, 0.5) is 0 Å². The molecule has 22 heavy (non-hydrogen) atoms. The van der Waals surface area contributed by atoms with E-state index in [9.17, 15) is 30.6 Å². The molecule has 0 unspecified atom stereocenters. The van der Waals surface area contributed by atoms with Gasteiger partial charge in [0.25, 0.3) is 0 Å². The van der Waals surface area contributed by atoms with Gasteiger partial charge in [-0.1, -0.05) is 0 Å². The molecule has 10 nitrogen and oxygen atoms in total. The number of aliphatic hydroxyl groups is 6. The Hall–Kier alpha value is -0.400. The van der Waals surface area contributed by atoms with E-state index in [2.05, 4.69) is 0 Å². The highest BCUT2D eigenvalue weighted by Crippen LogP contribution is 2.39. The van der Waals surface area contributed by atoms with Gasteiger partial charge in [-0.15, -0.1) is 0 Å². The van der Waals surface area contributed by atoms with Crippen molar-refractivity contribution in [1.29, 1.82) is 0 Å². The first-order valence-corrected chi connectivity index (χ1v) is 6.96. The number of aliphatic hydroxyl groups excluding tert-OH is 6. The van der Waals surface area contributed by atoms with E-state index >= 15 is 0 Å². The molecule has 3 rings (SSSR count). The largest absolute Gasteiger partial charge is 0.391 e. The minimum atomic E-state index is -1.87. The fraction of sp³-hybridized carbons (Fsp3) is 1.00. The van der Waals surface area contributed by atoms with Crippen molar-refractivity contribution in [2.75, 3.05) is 26.4 Å². The fourth-order valence-electron chi connectivity index (χ4n) is 3.02. The summed E-state index contributed by atoms with van der Waals surface area (Å²) in [6, 6.07) is 0. The molecule has 3 saturated heterocycles. The zero-order valence-electron chi connectivity index (χ0n) is 11.6. The molecule has 3 aliphatic heterocycles. The molecule has 0 radical (unpaired) electrons. The van der Waals surface area contributed by atoms with E-state index in [0.29, 0.717) is 0 Å². The molecule has 8 atom stereocenters. The van der Waals surface area contributed by atoms with Crippen molar-refractivity contribution in [3.63, 3.8) is 0 Å². The summed E-state index contributed by atoms with van der Waals surface area (Å²) in [6.45, 7) is -2.20. The quantitative estimate of drug-likeness (QED) is 0.293. The Balaban J connectivity index is 1.90. The summed E-state index contributed by atoms with van der Waals surface area (Å²) < 4.78 is 21.5. The van der Waals surface area contributed by atoms with E-state index in [4.69, 9.17) is 18.9 Å². The second-order valence-electron chi connectivity index (χ2n) is 5.75. The average Bonchev–Trinajstić information content (AvgIpc) is 2.91. The Morgan fingerprint density at radius 3 is 1.41 bits per heavy atom. The second kappa shape index (κ2) is 5.60. The lowest BCUT2D eigenvalue weighted by Gasteiger charge is -2.34. The van der Waals surface area contributed by atoms with E-state index in [0.717, 1.165) is 0 Å². The number of rotatable bonds is 2. The lowest BCUT2D eigenvalue weighted by molar-refractivity contribution is -0.328. The summed E-state index contributed by atoms with van der Waals surface area (Å²) in [5.41, 5.74) is 0. The minimum absolute atomic E-state index is 0.361. The van der Waals surface area contributed by atoms with Gasteiger partial charge in [0.05, 0.1) is 13.2 Å². The topological polar surface area (TPSA) is 158 Å². The van der Waals surface area contributed by atoms with Gasteiger partial charge >= 0.3 is 0 Å². The predicted octanol–water partition coefficient (Wildman–Crippen LogP) is -4.35. The van der Waals surface area contributed by atoms with Crippen LogP contribution in [0.15, 0.2) is 0 Å². The lowest BCUT2D eigenvalue weighted by Crippen LogP contribution is -2.50. The van der Waals surface area contributed by atoms with Crippen LogP contribution in [0.2, 0.25) is 0 Å². The predicted molar refractivity (Wildman–Crippen MR) is 65.3 cm³/mol. The van der Waals surface area contributed by atoms with Crippen molar-refractivity contribution in [3.05, 3.63) is 0 Å². The first-order chi connectivity index (χ1) is 10.4. The normalized spacial score (nSPS) is 55.4. The summed E-state index contributed by atoms with van der Waals surface area (Å²) >= 11 is 0. The number of hydrogen-bond donors (Lipinski definition) is 6. The monoisotopic (exact) mass is 324 g/mol. The molecule has 128 valence electrons. The van der Waals surface area contributed by atoms with Gasteiger partial charge in [-0.3, -0.25) is 0 Å².